The van der Waals surface area contributed by atoms with E-state index in [1.165, 1.54) is 11.1 Å². The van der Waals surface area contributed by atoms with Gasteiger partial charge in [-0.2, -0.15) is 0 Å². The summed E-state index contributed by atoms with van der Waals surface area (Å²) in [4.78, 5) is 15.1. The highest BCUT2D eigenvalue weighted by Crippen LogP contribution is 2.24. The Morgan fingerprint density at radius 1 is 1.13 bits per heavy atom. The smallest absolute Gasteiger partial charge is 0.273 e. The van der Waals surface area contributed by atoms with Crippen LogP contribution in [-0.4, -0.2) is 48.8 Å². The Labute approximate surface area is 180 Å². The normalized spacial score (nSPS) is 15.7. The third kappa shape index (κ3) is 4.90. The number of hydrogen-bond acceptors (Lipinski definition) is 5. The minimum Gasteiger partial charge on any atom is -0.379 e. The van der Waals surface area contributed by atoms with Gasteiger partial charge in [-0.25, -0.2) is 0 Å². The fraction of sp³-hybridized carbons (Fsp3) is 0.304. The standard InChI is InChI=1S/C23H24ClN3O3/c1-16-2-4-17(5-3-16)21(27-10-12-29-13-11-27)15-25-23(28)20-14-22(30-26-20)18-6-8-19(24)9-7-18/h2-9,14,21H,10-13,15H2,1H3,(H,25,28)/t21-/m1/s1. The fourth-order valence-corrected chi connectivity index (χ4v) is 3.67. The molecule has 1 atom stereocenters. The van der Waals surface area contributed by atoms with Crippen molar-refractivity contribution in [2.75, 3.05) is 32.8 Å². The van der Waals surface area contributed by atoms with Gasteiger partial charge < -0.3 is 14.6 Å². The van der Waals surface area contributed by atoms with Gasteiger partial charge in [-0.15, -0.1) is 0 Å². The van der Waals surface area contributed by atoms with Crippen molar-refractivity contribution in [2.45, 2.75) is 13.0 Å². The van der Waals surface area contributed by atoms with Gasteiger partial charge in [0.25, 0.3) is 5.91 Å². The zero-order valence-electron chi connectivity index (χ0n) is 16.8. The summed E-state index contributed by atoms with van der Waals surface area (Å²) in [6.07, 6.45) is 0. The molecule has 0 unspecified atom stereocenters. The summed E-state index contributed by atoms with van der Waals surface area (Å²) < 4.78 is 10.8. The zero-order valence-corrected chi connectivity index (χ0v) is 17.6. The first-order valence-corrected chi connectivity index (χ1v) is 10.4. The Kier molecular flexibility index (Phi) is 6.47. The predicted octanol–water partition coefficient (Wildman–Crippen LogP) is 4.11. The number of benzene rings is 2. The van der Waals surface area contributed by atoms with Crippen molar-refractivity contribution in [2.24, 2.45) is 0 Å². The van der Waals surface area contributed by atoms with Crippen LogP contribution in [0.25, 0.3) is 11.3 Å². The van der Waals surface area contributed by atoms with Crippen LogP contribution in [0.4, 0.5) is 0 Å². The Morgan fingerprint density at radius 3 is 2.53 bits per heavy atom. The molecule has 0 aliphatic carbocycles. The zero-order chi connectivity index (χ0) is 20.9. The molecule has 1 aliphatic rings. The van der Waals surface area contributed by atoms with Crippen LogP contribution in [-0.2, 0) is 4.74 Å². The van der Waals surface area contributed by atoms with Gasteiger partial charge in [0.15, 0.2) is 11.5 Å². The van der Waals surface area contributed by atoms with Crippen molar-refractivity contribution in [1.29, 1.82) is 0 Å². The molecule has 7 heteroatoms. The van der Waals surface area contributed by atoms with E-state index in [9.17, 15) is 4.79 Å². The third-order valence-corrected chi connectivity index (χ3v) is 5.53. The fourth-order valence-electron chi connectivity index (χ4n) is 3.55. The monoisotopic (exact) mass is 425 g/mol. The second-order valence-electron chi connectivity index (χ2n) is 7.37. The molecule has 0 bridgehead atoms. The molecule has 30 heavy (non-hydrogen) atoms. The molecule has 2 heterocycles. The van der Waals surface area contributed by atoms with Crippen molar-refractivity contribution in [3.8, 4) is 11.3 Å². The van der Waals surface area contributed by atoms with Crippen LogP contribution in [0.3, 0.4) is 0 Å². The van der Waals surface area contributed by atoms with Gasteiger partial charge in [-0.05, 0) is 36.8 Å². The second kappa shape index (κ2) is 9.43. The van der Waals surface area contributed by atoms with Gasteiger partial charge in [0.1, 0.15) is 0 Å². The van der Waals surface area contributed by atoms with E-state index in [1.54, 1.807) is 18.2 Å². The van der Waals surface area contributed by atoms with E-state index in [1.807, 2.05) is 12.1 Å². The molecule has 1 fully saturated rings. The molecule has 156 valence electrons. The van der Waals surface area contributed by atoms with E-state index in [0.29, 0.717) is 30.5 Å². The summed E-state index contributed by atoms with van der Waals surface area (Å²) in [6.45, 7) is 5.61. The summed E-state index contributed by atoms with van der Waals surface area (Å²) in [5, 5.41) is 7.59. The van der Waals surface area contributed by atoms with E-state index >= 15 is 0 Å². The van der Waals surface area contributed by atoms with Gasteiger partial charge in [-0.3, -0.25) is 9.69 Å². The van der Waals surface area contributed by atoms with Crippen LogP contribution in [0.2, 0.25) is 5.02 Å². The van der Waals surface area contributed by atoms with Gasteiger partial charge in [0.2, 0.25) is 0 Å². The number of amides is 1. The molecule has 4 rings (SSSR count). The first-order valence-electron chi connectivity index (χ1n) is 9.99. The SMILES string of the molecule is Cc1ccc([C@@H](CNC(=O)c2cc(-c3ccc(Cl)cc3)on2)N2CCOCC2)cc1. The van der Waals surface area contributed by atoms with Crippen LogP contribution in [0.15, 0.2) is 59.1 Å². The maximum Gasteiger partial charge on any atom is 0.273 e. The Hall–Kier alpha value is -2.67. The van der Waals surface area contributed by atoms with Crippen LogP contribution < -0.4 is 5.32 Å². The maximum atomic E-state index is 12.7. The number of aryl methyl sites for hydroxylation is 1. The lowest BCUT2D eigenvalue weighted by Gasteiger charge is -2.35. The molecule has 6 nitrogen and oxygen atoms in total. The topological polar surface area (TPSA) is 67.6 Å². The highest BCUT2D eigenvalue weighted by Gasteiger charge is 2.24. The third-order valence-electron chi connectivity index (χ3n) is 5.28. The number of ether oxygens (including phenoxy) is 1. The van der Waals surface area contributed by atoms with E-state index in [0.717, 1.165) is 18.7 Å². The number of carbonyl (C=O) groups excluding carboxylic acids is 1. The molecule has 1 aromatic heterocycles. The minimum atomic E-state index is -0.260. The Bertz CT molecular complexity index is 980. The number of morpholine rings is 1. The number of aromatic nitrogens is 1. The van der Waals surface area contributed by atoms with E-state index in [4.69, 9.17) is 20.9 Å². The van der Waals surface area contributed by atoms with Crippen LogP contribution in [0.1, 0.15) is 27.7 Å². The predicted molar refractivity (Wildman–Crippen MR) is 116 cm³/mol. The number of nitrogens with one attached hydrogen (secondary N) is 1. The Morgan fingerprint density at radius 2 is 1.83 bits per heavy atom. The van der Waals surface area contributed by atoms with E-state index in [2.05, 4.69) is 46.6 Å². The lowest BCUT2D eigenvalue weighted by molar-refractivity contribution is 0.0162. The molecular formula is C23H24ClN3O3. The molecule has 3 aromatic rings. The molecule has 1 amide bonds. The van der Waals surface area contributed by atoms with E-state index in [-0.39, 0.29) is 17.6 Å². The molecule has 0 radical (unpaired) electrons. The lowest BCUT2D eigenvalue weighted by Crippen LogP contribution is -2.43. The van der Waals surface area contributed by atoms with Crippen LogP contribution >= 0.6 is 11.6 Å². The Balaban J connectivity index is 1.45. The summed E-state index contributed by atoms with van der Waals surface area (Å²) in [7, 11) is 0. The first kappa shape index (κ1) is 20.6. The average Bonchev–Trinajstić information content (AvgIpc) is 3.27. The van der Waals surface area contributed by atoms with Gasteiger partial charge >= 0.3 is 0 Å². The summed E-state index contributed by atoms with van der Waals surface area (Å²) in [5.41, 5.74) is 3.45. The highest BCUT2D eigenvalue weighted by molar-refractivity contribution is 6.30. The van der Waals surface area contributed by atoms with Crippen LogP contribution in [0.5, 0.6) is 0 Å². The number of rotatable bonds is 6. The molecule has 1 N–H and O–H groups in total. The first-order chi connectivity index (χ1) is 14.6. The molecule has 0 saturated carbocycles. The number of carbonyl (C=O) groups is 1. The van der Waals surface area contributed by atoms with E-state index < -0.39 is 0 Å². The van der Waals surface area contributed by atoms with Gasteiger partial charge in [0.05, 0.1) is 19.3 Å². The van der Waals surface area contributed by atoms with Crippen molar-refractivity contribution < 1.29 is 14.1 Å². The molecule has 0 spiro atoms. The number of nitrogens with zero attached hydrogens (tertiary/aromatic N) is 2. The molecule has 1 aliphatic heterocycles. The van der Waals surface area contributed by atoms with Crippen molar-refractivity contribution >= 4 is 17.5 Å². The van der Waals surface area contributed by atoms with Crippen LogP contribution in [0, 0.1) is 6.92 Å². The van der Waals surface area contributed by atoms with Crippen molar-refractivity contribution in [1.82, 2.24) is 15.4 Å². The second-order valence-corrected chi connectivity index (χ2v) is 7.80. The highest BCUT2D eigenvalue weighted by atomic mass is 35.5. The average molecular weight is 426 g/mol. The van der Waals surface area contributed by atoms with Gasteiger partial charge in [0, 0.05) is 36.3 Å². The molecule has 1 saturated heterocycles. The minimum absolute atomic E-state index is 0.0705. The van der Waals surface area contributed by atoms with Crippen molar-refractivity contribution in [3.05, 3.63) is 76.4 Å². The largest absolute Gasteiger partial charge is 0.379 e. The van der Waals surface area contributed by atoms with Gasteiger partial charge in [-0.1, -0.05) is 46.6 Å². The molecule has 2 aromatic carbocycles. The van der Waals surface area contributed by atoms with Crippen molar-refractivity contribution in [3.63, 3.8) is 0 Å². The maximum absolute atomic E-state index is 12.7. The summed E-state index contributed by atoms with van der Waals surface area (Å²) in [6, 6.07) is 17.4. The number of hydrogen-bond donors (Lipinski definition) is 1. The summed E-state index contributed by atoms with van der Waals surface area (Å²) in [5.74, 6) is 0.268. The molecular weight excluding hydrogens is 402 g/mol. The number of halogens is 1. The lowest BCUT2D eigenvalue weighted by atomic mass is 10.0. The quantitative estimate of drug-likeness (QED) is 0.643. The summed E-state index contributed by atoms with van der Waals surface area (Å²) >= 11 is 5.93.